The predicted octanol–water partition coefficient (Wildman–Crippen LogP) is 2.99. The summed E-state index contributed by atoms with van der Waals surface area (Å²) in [6.07, 6.45) is 0. The van der Waals surface area contributed by atoms with E-state index in [1.165, 1.54) is 0 Å². The van der Waals surface area contributed by atoms with Crippen LogP contribution in [-0.2, 0) is 0 Å². The number of nitrogens with one attached hydrogen (secondary N) is 1. The van der Waals surface area contributed by atoms with Crippen molar-refractivity contribution < 1.29 is 4.74 Å². The maximum absolute atomic E-state index is 5.75. The Labute approximate surface area is 107 Å². The average Bonchev–Trinajstić information content (AvgIpc) is 2.37. The van der Waals surface area contributed by atoms with Crippen molar-refractivity contribution in [3.63, 3.8) is 0 Å². The summed E-state index contributed by atoms with van der Waals surface area (Å²) in [6, 6.07) is 13.2. The third kappa shape index (κ3) is 2.85. The van der Waals surface area contributed by atoms with Gasteiger partial charge in [0.15, 0.2) is 0 Å². The zero-order chi connectivity index (χ0) is 13.0. The zero-order valence-electron chi connectivity index (χ0n) is 10.3. The molecular weight excluding hydrogens is 226 g/mol. The molecule has 0 heterocycles. The molecule has 4 nitrogen and oxygen atoms in total. The van der Waals surface area contributed by atoms with Crippen LogP contribution in [0.2, 0.25) is 0 Å². The van der Waals surface area contributed by atoms with E-state index >= 15 is 0 Å². The van der Waals surface area contributed by atoms with Gasteiger partial charge in [-0.3, -0.25) is 0 Å². The van der Waals surface area contributed by atoms with Gasteiger partial charge in [-0.1, -0.05) is 0 Å². The van der Waals surface area contributed by atoms with Gasteiger partial charge in [0, 0.05) is 11.4 Å². The minimum atomic E-state index is 0.575. The van der Waals surface area contributed by atoms with Crippen molar-refractivity contribution in [1.82, 2.24) is 0 Å². The summed E-state index contributed by atoms with van der Waals surface area (Å²) in [7, 11) is 0. The van der Waals surface area contributed by atoms with Crippen molar-refractivity contribution in [2.75, 3.05) is 23.4 Å². The molecule has 0 aliphatic carbocycles. The van der Waals surface area contributed by atoms with Gasteiger partial charge in [-0.25, -0.2) is 0 Å². The fourth-order valence-electron chi connectivity index (χ4n) is 1.62. The van der Waals surface area contributed by atoms with Crippen molar-refractivity contribution in [2.24, 2.45) is 0 Å². The number of rotatable bonds is 4. The lowest BCUT2D eigenvalue weighted by molar-refractivity contribution is 0.340. The molecule has 5 N–H and O–H groups in total. The van der Waals surface area contributed by atoms with Crippen LogP contribution < -0.4 is 21.5 Å². The van der Waals surface area contributed by atoms with Crippen molar-refractivity contribution >= 4 is 22.7 Å². The van der Waals surface area contributed by atoms with Crippen molar-refractivity contribution in [2.45, 2.75) is 6.92 Å². The second kappa shape index (κ2) is 5.31. The fraction of sp³-hybridized carbons (Fsp3) is 0.143. The molecule has 4 heteroatoms. The topological polar surface area (TPSA) is 73.3 Å². The van der Waals surface area contributed by atoms with Crippen LogP contribution in [0.4, 0.5) is 22.7 Å². The van der Waals surface area contributed by atoms with Crippen LogP contribution >= 0.6 is 0 Å². The largest absolute Gasteiger partial charge is 0.494 e. The Balaban J connectivity index is 2.10. The highest BCUT2D eigenvalue weighted by molar-refractivity contribution is 5.72. The van der Waals surface area contributed by atoms with Gasteiger partial charge < -0.3 is 21.5 Å². The van der Waals surface area contributed by atoms with Crippen LogP contribution in [-0.4, -0.2) is 6.61 Å². The Morgan fingerprint density at radius 1 is 0.944 bits per heavy atom. The lowest BCUT2D eigenvalue weighted by atomic mass is 10.2. The van der Waals surface area contributed by atoms with Gasteiger partial charge in [0.1, 0.15) is 5.75 Å². The van der Waals surface area contributed by atoms with E-state index < -0.39 is 0 Å². The summed E-state index contributed by atoms with van der Waals surface area (Å²) >= 11 is 0. The minimum absolute atomic E-state index is 0.575. The van der Waals surface area contributed by atoms with E-state index in [0.29, 0.717) is 18.0 Å². The van der Waals surface area contributed by atoms with Crippen LogP contribution in [0.15, 0.2) is 42.5 Å². The van der Waals surface area contributed by atoms with Gasteiger partial charge in [0.05, 0.1) is 18.0 Å². The minimum Gasteiger partial charge on any atom is -0.494 e. The normalized spacial score (nSPS) is 10.1. The number of ether oxygens (including phenoxy) is 1. The molecule has 0 saturated heterocycles. The van der Waals surface area contributed by atoms with E-state index in [9.17, 15) is 0 Å². The molecule has 0 spiro atoms. The number of hydrogen-bond donors (Lipinski definition) is 3. The Hall–Kier alpha value is -2.36. The summed E-state index contributed by atoms with van der Waals surface area (Å²) in [5, 5.41) is 3.25. The molecular formula is C14H17N3O. The molecule has 0 aliphatic heterocycles. The van der Waals surface area contributed by atoms with Gasteiger partial charge in [-0.15, -0.1) is 0 Å². The molecule has 2 rings (SSSR count). The highest BCUT2D eigenvalue weighted by atomic mass is 16.5. The highest BCUT2D eigenvalue weighted by Crippen LogP contribution is 2.24. The molecule has 94 valence electrons. The maximum atomic E-state index is 5.75. The standard InChI is InChI=1S/C14H17N3O/c1-2-18-12-6-3-10(4-7-12)17-11-5-8-13(15)14(16)9-11/h3-9,17H,2,15-16H2,1H3. The maximum Gasteiger partial charge on any atom is 0.119 e. The molecule has 0 bridgehead atoms. The van der Waals surface area contributed by atoms with Gasteiger partial charge >= 0.3 is 0 Å². The number of benzene rings is 2. The van der Waals surface area contributed by atoms with Gasteiger partial charge in [-0.05, 0) is 49.4 Å². The summed E-state index contributed by atoms with van der Waals surface area (Å²) in [6.45, 7) is 2.63. The monoisotopic (exact) mass is 243 g/mol. The average molecular weight is 243 g/mol. The summed E-state index contributed by atoms with van der Waals surface area (Å²) in [5.41, 5.74) is 14.5. The van der Waals surface area contributed by atoms with E-state index in [2.05, 4.69) is 5.32 Å². The lowest BCUT2D eigenvalue weighted by Gasteiger charge is -2.09. The first-order valence-corrected chi connectivity index (χ1v) is 5.84. The Morgan fingerprint density at radius 2 is 1.61 bits per heavy atom. The fourth-order valence-corrected chi connectivity index (χ4v) is 1.62. The summed E-state index contributed by atoms with van der Waals surface area (Å²) in [5.74, 6) is 0.861. The van der Waals surface area contributed by atoms with Crippen molar-refractivity contribution in [3.05, 3.63) is 42.5 Å². The predicted molar refractivity (Wildman–Crippen MR) is 76.2 cm³/mol. The Morgan fingerprint density at radius 3 is 2.22 bits per heavy atom. The van der Waals surface area contributed by atoms with E-state index in [0.717, 1.165) is 17.1 Å². The van der Waals surface area contributed by atoms with Gasteiger partial charge in [0.25, 0.3) is 0 Å². The van der Waals surface area contributed by atoms with E-state index in [1.807, 2.05) is 43.3 Å². The van der Waals surface area contributed by atoms with E-state index in [-0.39, 0.29) is 0 Å². The zero-order valence-corrected chi connectivity index (χ0v) is 10.3. The SMILES string of the molecule is CCOc1ccc(Nc2ccc(N)c(N)c2)cc1. The van der Waals surface area contributed by atoms with Crippen molar-refractivity contribution in [3.8, 4) is 5.75 Å². The number of nitrogen functional groups attached to an aromatic ring is 2. The van der Waals surface area contributed by atoms with Crippen molar-refractivity contribution in [1.29, 1.82) is 0 Å². The number of anilines is 4. The molecule has 0 saturated carbocycles. The third-order valence-electron chi connectivity index (χ3n) is 2.54. The molecule has 0 unspecified atom stereocenters. The van der Waals surface area contributed by atoms with Crippen LogP contribution in [0.25, 0.3) is 0 Å². The molecule has 0 aliphatic rings. The number of hydrogen-bond acceptors (Lipinski definition) is 4. The first kappa shape index (κ1) is 12.1. The molecule has 0 fully saturated rings. The molecule has 0 amide bonds. The van der Waals surface area contributed by atoms with Gasteiger partial charge in [-0.2, -0.15) is 0 Å². The van der Waals surface area contributed by atoms with Gasteiger partial charge in [0.2, 0.25) is 0 Å². The Bertz CT molecular complexity index is 523. The van der Waals surface area contributed by atoms with Crippen LogP contribution in [0.1, 0.15) is 6.92 Å². The lowest BCUT2D eigenvalue weighted by Crippen LogP contribution is -1.97. The van der Waals surface area contributed by atoms with E-state index in [4.69, 9.17) is 16.2 Å². The molecule has 18 heavy (non-hydrogen) atoms. The molecule has 0 atom stereocenters. The second-order valence-electron chi connectivity index (χ2n) is 3.93. The third-order valence-corrected chi connectivity index (χ3v) is 2.54. The highest BCUT2D eigenvalue weighted by Gasteiger charge is 1.99. The first-order chi connectivity index (χ1) is 8.69. The van der Waals surface area contributed by atoms with Crippen LogP contribution in [0.5, 0.6) is 5.75 Å². The summed E-state index contributed by atoms with van der Waals surface area (Å²) < 4.78 is 5.38. The number of nitrogens with two attached hydrogens (primary N) is 2. The second-order valence-corrected chi connectivity index (χ2v) is 3.93. The molecule has 0 radical (unpaired) electrons. The van der Waals surface area contributed by atoms with E-state index in [1.54, 1.807) is 6.07 Å². The quantitative estimate of drug-likeness (QED) is 0.722. The Kier molecular flexibility index (Phi) is 3.57. The van der Waals surface area contributed by atoms with Crippen LogP contribution in [0, 0.1) is 0 Å². The smallest absolute Gasteiger partial charge is 0.119 e. The first-order valence-electron chi connectivity index (χ1n) is 5.84. The molecule has 0 aromatic heterocycles. The molecule has 2 aromatic rings. The summed E-state index contributed by atoms with van der Waals surface area (Å²) in [4.78, 5) is 0. The molecule has 2 aromatic carbocycles. The van der Waals surface area contributed by atoms with Crippen LogP contribution in [0.3, 0.4) is 0 Å².